The Morgan fingerprint density at radius 2 is 0.952 bits per heavy atom. The van der Waals surface area contributed by atoms with Gasteiger partial charge in [-0.3, -0.25) is 4.57 Å². The number of halogens is 10. The SMILES string of the molecule is C[Si](C)(C)OP(=O)(C(F)(F)C(F)(F)F)C(F)(F)C(F)(F)F. The van der Waals surface area contributed by atoms with Crippen LogP contribution >= 0.6 is 7.37 Å². The van der Waals surface area contributed by atoms with Gasteiger partial charge in [-0.25, -0.2) is 0 Å². The molecule has 0 saturated carbocycles. The summed E-state index contributed by atoms with van der Waals surface area (Å²) in [7, 11) is -11.7. The zero-order chi connectivity index (χ0) is 17.7. The van der Waals surface area contributed by atoms with Crippen molar-refractivity contribution in [3.05, 3.63) is 0 Å². The lowest BCUT2D eigenvalue weighted by Crippen LogP contribution is -2.50. The normalized spacial score (nSPS) is 16.2. The first-order valence-corrected chi connectivity index (χ1v) is 9.94. The fourth-order valence-electron chi connectivity index (χ4n) is 1.01. The molecule has 0 fully saturated rings. The summed E-state index contributed by atoms with van der Waals surface area (Å²) >= 11 is 0. The molecule has 21 heavy (non-hydrogen) atoms. The molecular weight excluding hydrogens is 365 g/mol. The van der Waals surface area contributed by atoms with Crippen LogP contribution in [0.15, 0.2) is 0 Å². The molecule has 0 bridgehead atoms. The summed E-state index contributed by atoms with van der Waals surface area (Å²) in [6.45, 7) is 2.20. The quantitative estimate of drug-likeness (QED) is 0.373. The van der Waals surface area contributed by atoms with Crippen LogP contribution in [0, 0.1) is 0 Å². The van der Waals surface area contributed by atoms with Gasteiger partial charge in [0, 0.05) is 0 Å². The minimum absolute atomic E-state index is 0.735. The Morgan fingerprint density at radius 3 is 1.10 bits per heavy atom. The van der Waals surface area contributed by atoms with Crippen LogP contribution in [0.4, 0.5) is 43.9 Å². The van der Waals surface area contributed by atoms with Crippen LogP contribution < -0.4 is 0 Å². The molecule has 0 aromatic carbocycles. The van der Waals surface area contributed by atoms with Gasteiger partial charge < -0.3 is 4.21 Å². The number of rotatable bonds is 4. The van der Waals surface area contributed by atoms with Gasteiger partial charge in [0.2, 0.25) is 0 Å². The fourth-order valence-corrected chi connectivity index (χ4v) is 6.03. The summed E-state index contributed by atoms with van der Waals surface area (Å²) in [5, 5.41) is 0. The summed E-state index contributed by atoms with van der Waals surface area (Å²) in [6, 6.07) is 0. The van der Waals surface area contributed by atoms with E-state index in [4.69, 9.17) is 0 Å². The Labute approximate surface area is 113 Å². The zero-order valence-corrected chi connectivity index (χ0v) is 12.4. The Kier molecular flexibility index (Phi) is 5.05. The van der Waals surface area contributed by atoms with Crippen molar-refractivity contribution >= 4 is 15.7 Å². The van der Waals surface area contributed by atoms with Gasteiger partial charge in [0.1, 0.15) is 0 Å². The Bertz CT molecular complexity index is 404. The molecule has 0 rings (SSSR count). The van der Waals surface area contributed by atoms with Crippen LogP contribution in [0.3, 0.4) is 0 Å². The predicted octanol–water partition coefficient (Wildman–Crippen LogP) is 5.43. The third-order valence-corrected chi connectivity index (χ3v) is 7.03. The first-order valence-electron chi connectivity index (χ1n) is 4.91. The van der Waals surface area contributed by atoms with E-state index >= 15 is 0 Å². The average molecular weight is 374 g/mol. The highest BCUT2D eigenvalue weighted by molar-refractivity contribution is 7.63. The van der Waals surface area contributed by atoms with E-state index in [0.29, 0.717) is 0 Å². The molecule has 0 amide bonds. The van der Waals surface area contributed by atoms with E-state index in [1.165, 1.54) is 0 Å². The van der Waals surface area contributed by atoms with Crippen LogP contribution in [0.5, 0.6) is 0 Å². The Hall–Kier alpha value is -0.293. The van der Waals surface area contributed by atoms with Crippen molar-refractivity contribution in [3.63, 3.8) is 0 Å². The first-order chi connectivity index (χ1) is 8.71. The molecule has 128 valence electrons. The van der Waals surface area contributed by atoms with Crippen molar-refractivity contribution < 1.29 is 52.7 Å². The van der Waals surface area contributed by atoms with Crippen molar-refractivity contribution in [2.75, 3.05) is 0 Å². The van der Waals surface area contributed by atoms with Crippen LogP contribution in [-0.4, -0.2) is 32.0 Å². The number of hydrogen-bond acceptors (Lipinski definition) is 2. The average Bonchev–Trinajstić information content (AvgIpc) is 2.10. The molecular formula is C7H9F10O2PSi. The van der Waals surface area contributed by atoms with E-state index < -0.39 is 39.4 Å². The van der Waals surface area contributed by atoms with Gasteiger partial charge in [-0.15, -0.1) is 0 Å². The molecule has 0 saturated heterocycles. The second-order valence-corrected chi connectivity index (χ2v) is 12.0. The molecule has 0 aromatic heterocycles. The van der Waals surface area contributed by atoms with Crippen LogP contribution in [0.2, 0.25) is 19.6 Å². The van der Waals surface area contributed by atoms with E-state index in [2.05, 4.69) is 4.21 Å². The molecule has 0 aliphatic carbocycles. The van der Waals surface area contributed by atoms with E-state index in [-0.39, 0.29) is 0 Å². The van der Waals surface area contributed by atoms with Crippen LogP contribution in [-0.2, 0) is 8.78 Å². The summed E-state index contributed by atoms with van der Waals surface area (Å²) in [6.07, 6.45) is -13.8. The van der Waals surface area contributed by atoms with E-state index in [9.17, 15) is 48.5 Å². The molecule has 0 atom stereocenters. The molecule has 0 aromatic rings. The molecule has 2 nitrogen and oxygen atoms in total. The molecule has 0 heterocycles. The van der Waals surface area contributed by atoms with Gasteiger partial charge in [0.25, 0.3) is 0 Å². The highest BCUT2D eigenvalue weighted by Gasteiger charge is 2.85. The van der Waals surface area contributed by atoms with E-state index in [1.807, 2.05) is 0 Å². The van der Waals surface area contributed by atoms with Gasteiger partial charge in [-0.1, -0.05) is 0 Å². The number of alkyl halides is 10. The second-order valence-electron chi connectivity index (χ2n) is 4.83. The molecule has 0 N–H and O–H groups in total. The Balaban J connectivity index is 6.40. The summed E-state index contributed by atoms with van der Waals surface area (Å²) in [4.78, 5) is 0. The van der Waals surface area contributed by atoms with E-state index in [1.54, 1.807) is 0 Å². The van der Waals surface area contributed by atoms with Crippen molar-refractivity contribution in [2.45, 2.75) is 43.3 Å². The van der Waals surface area contributed by atoms with Crippen molar-refractivity contribution in [2.24, 2.45) is 0 Å². The minimum atomic E-state index is -7.84. The second kappa shape index (κ2) is 5.12. The minimum Gasteiger partial charge on any atom is -0.362 e. The lowest BCUT2D eigenvalue weighted by molar-refractivity contribution is -0.270. The predicted molar refractivity (Wildman–Crippen MR) is 54.0 cm³/mol. The first kappa shape index (κ1) is 20.7. The lowest BCUT2D eigenvalue weighted by Gasteiger charge is -2.37. The molecule has 0 spiro atoms. The molecule has 0 aliphatic heterocycles. The highest BCUT2D eigenvalue weighted by atomic mass is 31.2. The largest absolute Gasteiger partial charge is 0.463 e. The number of hydrogen-bond donors (Lipinski definition) is 0. The van der Waals surface area contributed by atoms with Gasteiger partial charge in [0.15, 0.2) is 8.32 Å². The fraction of sp³-hybridized carbons (Fsp3) is 1.00. The monoisotopic (exact) mass is 374 g/mol. The third kappa shape index (κ3) is 3.55. The third-order valence-electron chi connectivity index (χ3n) is 1.82. The topological polar surface area (TPSA) is 26.3 Å². The molecule has 0 unspecified atom stereocenters. The molecule has 0 aliphatic rings. The molecule has 14 heteroatoms. The maximum atomic E-state index is 13.1. The standard InChI is InChI=1S/C7H9F10O2PSi/c1-21(2,3)19-20(18,6(14,15)4(8,9)10)7(16,17)5(11,12)13/h1-3H3. The van der Waals surface area contributed by atoms with Crippen LogP contribution in [0.1, 0.15) is 0 Å². The van der Waals surface area contributed by atoms with Crippen LogP contribution in [0.25, 0.3) is 0 Å². The Morgan fingerprint density at radius 1 is 0.714 bits per heavy atom. The smallest absolute Gasteiger partial charge is 0.362 e. The summed E-state index contributed by atoms with van der Waals surface area (Å²) < 4.78 is 140. The maximum Gasteiger partial charge on any atom is 0.463 e. The van der Waals surface area contributed by atoms with Gasteiger partial charge >= 0.3 is 31.0 Å². The maximum absolute atomic E-state index is 13.1. The van der Waals surface area contributed by atoms with Gasteiger partial charge in [-0.2, -0.15) is 43.9 Å². The molecule has 0 radical (unpaired) electrons. The van der Waals surface area contributed by atoms with E-state index in [0.717, 1.165) is 19.6 Å². The van der Waals surface area contributed by atoms with Gasteiger partial charge in [-0.05, 0) is 19.6 Å². The summed E-state index contributed by atoms with van der Waals surface area (Å²) in [5.41, 5.74) is -13.7. The van der Waals surface area contributed by atoms with Crippen molar-refractivity contribution in [1.29, 1.82) is 0 Å². The highest BCUT2D eigenvalue weighted by Crippen LogP contribution is 2.78. The van der Waals surface area contributed by atoms with Crippen molar-refractivity contribution in [3.8, 4) is 0 Å². The lowest BCUT2D eigenvalue weighted by atomic mass is 10.7. The summed E-state index contributed by atoms with van der Waals surface area (Å²) in [5.74, 6) is 0. The zero-order valence-electron chi connectivity index (χ0n) is 10.5. The van der Waals surface area contributed by atoms with Gasteiger partial charge in [0.05, 0.1) is 0 Å². The van der Waals surface area contributed by atoms with Crippen molar-refractivity contribution in [1.82, 2.24) is 0 Å².